The summed E-state index contributed by atoms with van der Waals surface area (Å²) in [5.74, 6) is 0.130. The molecule has 0 atom stereocenters. The molecular formula is C26H18FN5O. The number of aromatic amines is 2. The normalized spacial score (nSPS) is 11.3. The molecule has 0 saturated carbocycles. The number of pyridine rings is 2. The molecule has 0 aliphatic rings. The van der Waals surface area contributed by atoms with Crippen molar-refractivity contribution in [1.82, 2.24) is 25.1 Å². The summed E-state index contributed by atoms with van der Waals surface area (Å²) < 4.78 is 19.4. The first-order valence-electron chi connectivity index (χ1n) is 10.4. The molecule has 0 aliphatic carbocycles. The fourth-order valence-electron chi connectivity index (χ4n) is 4.13. The fourth-order valence-corrected chi connectivity index (χ4v) is 4.13. The molecule has 0 amide bonds. The van der Waals surface area contributed by atoms with Crippen molar-refractivity contribution in [3.05, 3.63) is 84.9 Å². The zero-order valence-corrected chi connectivity index (χ0v) is 17.6. The summed E-state index contributed by atoms with van der Waals surface area (Å²) in [6.07, 6.45) is 3.53. The molecule has 0 fully saturated rings. The highest BCUT2D eigenvalue weighted by Gasteiger charge is 2.16. The number of hydrogen-bond donors (Lipinski definition) is 2. The van der Waals surface area contributed by atoms with E-state index in [2.05, 4.69) is 20.2 Å². The van der Waals surface area contributed by atoms with Crippen molar-refractivity contribution >= 4 is 21.9 Å². The van der Waals surface area contributed by atoms with Gasteiger partial charge in [0.25, 0.3) is 0 Å². The maximum Gasteiger partial charge on any atom is 0.135 e. The van der Waals surface area contributed by atoms with Crippen LogP contribution in [0, 0.1) is 5.82 Å². The molecule has 6 rings (SSSR count). The summed E-state index contributed by atoms with van der Waals surface area (Å²) in [4.78, 5) is 12.5. The first kappa shape index (κ1) is 19.2. The molecule has 0 radical (unpaired) electrons. The van der Waals surface area contributed by atoms with Crippen LogP contribution in [0.25, 0.3) is 55.7 Å². The smallest absolute Gasteiger partial charge is 0.135 e. The third kappa shape index (κ3) is 3.30. The van der Waals surface area contributed by atoms with Crippen LogP contribution >= 0.6 is 0 Å². The largest absolute Gasteiger partial charge is 0.497 e. The van der Waals surface area contributed by atoms with Crippen molar-refractivity contribution in [2.24, 2.45) is 0 Å². The monoisotopic (exact) mass is 435 g/mol. The van der Waals surface area contributed by atoms with Crippen LogP contribution in [0.15, 0.2) is 79.1 Å². The van der Waals surface area contributed by atoms with Gasteiger partial charge in [-0.3, -0.25) is 10.1 Å². The molecular weight excluding hydrogens is 417 g/mol. The van der Waals surface area contributed by atoms with Gasteiger partial charge in [0, 0.05) is 34.9 Å². The Labute approximate surface area is 188 Å². The average Bonchev–Trinajstić information content (AvgIpc) is 3.47. The predicted molar refractivity (Wildman–Crippen MR) is 126 cm³/mol. The lowest BCUT2D eigenvalue weighted by atomic mass is 10.0. The molecule has 33 heavy (non-hydrogen) atoms. The summed E-state index contributed by atoms with van der Waals surface area (Å²) >= 11 is 0. The van der Waals surface area contributed by atoms with Gasteiger partial charge >= 0.3 is 0 Å². The number of rotatable bonds is 4. The second kappa shape index (κ2) is 7.56. The fraction of sp³-hybridized carbons (Fsp3) is 0.0385. The molecule has 0 saturated heterocycles. The van der Waals surface area contributed by atoms with Gasteiger partial charge in [0.05, 0.1) is 24.0 Å². The highest BCUT2D eigenvalue weighted by atomic mass is 19.1. The van der Waals surface area contributed by atoms with Gasteiger partial charge in [0.2, 0.25) is 0 Å². The van der Waals surface area contributed by atoms with Gasteiger partial charge < -0.3 is 9.72 Å². The van der Waals surface area contributed by atoms with Crippen LogP contribution in [-0.4, -0.2) is 32.3 Å². The summed E-state index contributed by atoms with van der Waals surface area (Å²) in [6.45, 7) is 0. The number of benzene rings is 2. The van der Waals surface area contributed by atoms with E-state index in [0.29, 0.717) is 5.75 Å². The van der Waals surface area contributed by atoms with Crippen molar-refractivity contribution in [3.63, 3.8) is 0 Å². The van der Waals surface area contributed by atoms with E-state index in [9.17, 15) is 4.39 Å². The molecule has 2 N–H and O–H groups in total. The van der Waals surface area contributed by atoms with Gasteiger partial charge in [0.1, 0.15) is 22.8 Å². The van der Waals surface area contributed by atoms with E-state index in [1.807, 2.05) is 54.6 Å². The molecule has 2 aromatic carbocycles. The van der Waals surface area contributed by atoms with Crippen molar-refractivity contribution in [1.29, 1.82) is 0 Å². The lowest BCUT2D eigenvalue weighted by Gasteiger charge is -2.07. The standard InChI is InChI=1S/C26H18FN5O/c1-33-18-11-16(10-17(27)12-18)19-5-2-6-22-20(19)13-24(29-22)26-25-23(31-32-26)8-7-21(30-25)15-4-3-9-28-14-15/h2-14,29H,1H3,(H,31,32). The van der Waals surface area contributed by atoms with Gasteiger partial charge in [-0.05, 0) is 59.7 Å². The van der Waals surface area contributed by atoms with Gasteiger partial charge in [-0.1, -0.05) is 12.1 Å². The van der Waals surface area contributed by atoms with Crippen molar-refractivity contribution in [2.45, 2.75) is 0 Å². The Hall–Kier alpha value is -4.52. The summed E-state index contributed by atoms with van der Waals surface area (Å²) in [5, 5.41) is 8.55. The highest BCUT2D eigenvalue weighted by molar-refractivity contribution is 6.00. The van der Waals surface area contributed by atoms with Gasteiger partial charge in [0.15, 0.2) is 0 Å². The number of halogens is 1. The maximum absolute atomic E-state index is 14.2. The van der Waals surface area contributed by atoms with Gasteiger partial charge in [-0.2, -0.15) is 5.10 Å². The molecule has 4 aromatic heterocycles. The maximum atomic E-state index is 14.2. The minimum absolute atomic E-state index is 0.345. The first-order valence-corrected chi connectivity index (χ1v) is 10.4. The van der Waals surface area contributed by atoms with Crippen LogP contribution in [0.4, 0.5) is 4.39 Å². The number of methoxy groups -OCH3 is 1. The zero-order valence-electron chi connectivity index (χ0n) is 17.6. The van der Waals surface area contributed by atoms with Crippen LogP contribution in [0.3, 0.4) is 0 Å². The van der Waals surface area contributed by atoms with Gasteiger partial charge in [-0.15, -0.1) is 0 Å². The Morgan fingerprint density at radius 1 is 0.909 bits per heavy atom. The molecule has 0 aliphatic heterocycles. The Balaban J connectivity index is 1.50. The Morgan fingerprint density at radius 2 is 1.85 bits per heavy atom. The molecule has 0 spiro atoms. The molecule has 0 bridgehead atoms. The van der Waals surface area contributed by atoms with Crippen LogP contribution in [0.1, 0.15) is 0 Å². The number of fused-ring (bicyclic) bond motifs is 2. The van der Waals surface area contributed by atoms with E-state index < -0.39 is 0 Å². The van der Waals surface area contributed by atoms with Crippen molar-refractivity contribution in [3.8, 4) is 39.5 Å². The van der Waals surface area contributed by atoms with E-state index in [1.165, 1.54) is 19.2 Å². The Bertz CT molecular complexity index is 1620. The topological polar surface area (TPSA) is 79.5 Å². The van der Waals surface area contributed by atoms with E-state index in [1.54, 1.807) is 12.4 Å². The SMILES string of the molecule is COc1cc(F)cc(-c2cccc3[nH]c(-c4n[nH]c5ccc(-c6cccnc6)nc45)cc23)c1. The van der Waals surface area contributed by atoms with Gasteiger partial charge in [-0.25, -0.2) is 9.37 Å². The number of nitrogens with zero attached hydrogens (tertiary/aromatic N) is 3. The third-order valence-corrected chi connectivity index (χ3v) is 5.70. The number of aromatic nitrogens is 5. The number of H-pyrrole nitrogens is 2. The highest BCUT2D eigenvalue weighted by Crippen LogP contribution is 2.35. The van der Waals surface area contributed by atoms with Crippen molar-refractivity contribution in [2.75, 3.05) is 7.11 Å². The minimum atomic E-state index is -0.345. The Kier molecular flexibility index (Phi) is 4.40. The Morgan fingerprint density at radius 3 is 2.70 bits per heavy atom. The second-order valence-electron chi connectivity index (χ2n) is 7.74. The summed E-state index contributed by atoms with van der Waals surface area (Å²) in [7, 11) is 1.53. The number of ether oxygens (including phenoxy) is 1. The van der Waals surface area contributed by atoms with Crippen LogP contribution in [0.2, 0.25) is 0 Å². The van der Waals surface area contributed by atoms with E-state index in [-0.39, 0.29) is 5.82 Å². The van der Waals surface area contributed by atoms with Crippen molar-refractivity contribution < 1.29 is 9.13 Å². The third-order valence-electron chi connectivity index (χ3n) is 5.70. The summed E-state index contributed by atoms with van der Waals surface area (Å²) in [6, 6.07) is 20.4. The molecule has 4 heterocycles. The van der Waals surface area contributed by atoms with Crippen LogP contribution in [-0.2, 0) is 0 Å². The number of hydrogen-bond acceptors (Lipinski definition) is 4. The summed E-state index contributed by atoms with van der Waals surface area (Å²) in [5.41, 5.74) is 7.46. The predicted octanol–water partition coefficient (Wildman–Crippen LogP) is 5.98. The molecule has 0 unspecified atom stereocenters. The average molecular weight is 435 g/mol. The lowest BCUT2D eigenvalue weighted by molar-refractivity contribution is 0.411. The minimum Gasteiger partial charge on any atom is -0.497 e. The van der Waals surface area contributed by atoms with Crippen LogP contribution < -0.4 is 4.74 Å². The molecule has 6 aromatic rings. The number of nitrogens with one attached hydrogen (secondary N) is 2. The zero-order chi connectivity index (χ0) is 22.4. The second-order valence-corrected chi connectivity index (χ2v) is 7.74. The molecule has 6 nitrogen and oxygen atoms in total. The van der Waals surface area contributed by atoms with E-state index >= 15 is 0 Å². The molecule has 7 heteroatoms. The van der Waals surface area contributed by atoms with E-state index in [0.717, 1.165) is 55.7 Å². The van der Waals surface area contributed by atoms with E-state index in [4.69, 9.17) is 9.72 Å². The molecule has 160 valence electrons. The van der Waals surface area contributed by atoms with Crippen LogP contribution in [0.5, 0.6) is 5.75 Å². The quantitative estimate of drug-likeness (QED) is 0.357. The lowest BCUT2D eigenvalue weighted by Crippen LogP contribution is -1.87. The first-order chi connectivity index (χ1) is 16.2.